The van der Waals surface area contributed by atoms with E-state index in [0.717, 1.165) is 38.4 Å². The molecule has 0 N–H and O–H groups in total. The lowest BCUT2D eigenvalue weighted by atomic mass is 9.55. The lowest BCUT2D eigenvalue weighted by Gasteiger charge is -2.48. The minimum Gasteiger partial charge on any atom is -0.458 e. The Bertz CT molecular complexity index is 681. The molecule has 2 bridgehead atoms. The molecule has 3 nitrogen and oxygen atoms in total. The molecule has 4 aliphatic rings. The number of ether oxygens (including phenoxy) is 1. The van der Waals surface area contributed by atoms with Crippen LogP contribution in [0.15, 0.2) is 24.3 Å². The second-order valence-electron chi connectivity index (χ2n) is 7.90. The van der Waals surface area contributed by atoms with Crippen LogP contribution in [0.4, 0.5) is 0 Å². The fourth-order valence-electron chi connectivity index (χ4n) is 6.45. The summed E-state index contributed by atoms with van der Waals surface area (Å²) >= 11 is 0. The van der Waals surface area contributed by atoms with Crippen LogP contribution in [0, 0.1) is 23.7 Å². The van der Waals surface area contributed by atoms with Crippen LogP contribution >= 0.6 is 0 Å². The highest BCUT2D eigenvalue weighted by Gasteiger charge is 2.67. The van der Waals surface area contributed by atoms with Crippen molar-refractivity contribution in [2.75, 3.05) is 0 Å². The molecule has 1 heterocycles. The predicted molar refractivity (Wildman–Crippen MR) is 84.8 cm³/mol. The zero-order chi connectivity index (χ0) is 15.6. The highest BCUT2D eigenvalue weighted by atomic mass is 16.6. The molecule has 1 aromatic rings. The summed E-state index contributed by atoms with van der Waals surface area (Å²) in [5.41, 5.74) is 2.49. The van der Waals surface area contributed by atoms with Crippen LogP contribution in [0.1, 0.15) is 49.1 Å². The molecule has 23 heavy (non-hydrogen) atoms. The van der Waals surface area contributed by atoms with Gasteiger partial charge < -0.3 is 9.53 Å². The monoisotopic (exact) mass is 310 g/mol. The SMILES string of the molecule is O=CC[C@@H]1CC[C@H]2[C@@H]3CCc4ccccc4[C@H]3[C@@H]3C[C@]12OC3=O. The molecule has 3 fully saturated rings. The van der Waals surface area contributed by atoms with Crippen molar-refractivity contribution in [1.29, 1.82) is 0 Å². The largest absolute Gasteiger partial charge is 0.458 e. The average molecular weight is 310 g/mol. The van der Waals surface area contributed by atoms with E-state index < -0.39 is 0 Å². The summed E-state index contributed by atoms with van der Waals surface area (Å²) in [5, 5.41) is 0. The number of rotatable bonds is 2. The summed E-state index contributed by atoms with van der Waals surface area (Å²) in [6.45, 7) is 0. The van der Waals surface area contributed by atoms with Gasteiger partial charge in [-0.05, 0) is 42.7 Å². The molecule has 0 aromatic heterocycles. The first-order valence-electron chi connectivity index (χ1n) is 8.99. The third-order valence-electron chi connectivity index (χ3n) is 7.23. The van der Waals surface area contributed by atoms with Crippen molar-refractivity contribution in [1.82, 2.24) is 0 Å². The Morgan fingerprint density at radius 2 is 2.09 bits per heavy atom. The Morgan fingerprint density at radius 3 is 2.96 bits per heavy atom. The van der Waals surface area contributed by atoms with Gasteiger partial charge in [0.15, 0.2) is 0 Å². The molecule has 0 unspecified atom stereocenters. The molecule has 3 aliphatic carbocycles. The first-order valence-corrected chi connectivity index (χ1v) is 8.99. The number of hydrogen-bond acceptors (Lipinski definition) is 3. The van der Waals surface area contributed by atoms with E-state index in [2.05, 4.69) is 24.3 Å². The van der Waals surface area contributed by atoms with Gasteiger partial charge >= 0.3 is 5.97 Å². The predicted octanol–water partition coefficient (Wildman–Crippen LogP) is 3.26. The van der Waals surface area contributed by atoms with Gasteiger partial charge in [-0.1, -0.05) is 24.3 Å². The van der Waals surface area contributed by atoms with E-state index in [1.165, 1.54) is 11.1 Å². The third-order valence-corrected chi connectivity index (χ3v) is 7.23. The highest BCUT2D eigenvalue weighted by molar-refractivity contribution is 5.78. The Morgan fingerprint density at radius 1 is 1.22 bits per heavy atom. The van der Waals surface area contributed by atoms with Crippen LogP contribution in [-0.4, -0.2) is 17.9 Å². The maximum absolute atomic E-state index is 12.7. The first kappa shape index (κ1) is 13.8. The number of benzene rings is 1. The maximum Gasteiger partial charge on any atom is 0.310 e. The molecule has 6 atom stereocenters. The number of esters is 1. The van der Waals surface area contributed by atoms with Crippen molar-refractivity contribution in [2.24, 2.45) is 23.7 Å². The van der Waals surface area contributed by atoms with E-state index in [-0.39, 0.29) is 23.4 Å². The lowest BCUT2D eigenvalue weighted by Crippen LogP contribution is -2.48. The van der Waals surface area contributed by atoms with Gasteiger partial charge in [-0.2, -0.15) is 0 Å². The standard InChI is InChI=1S/C20H22O3/c21-10-9-13-6-8-17-15-7-5-12-3-1-2-4-14(12)18(15)16-11-20(13,17)23-19(16)22/h1-4,10,13,15-18H,5-9,11H2/t13-,15-,16-,17-,18+,20-/m0/s1. The topological polar surface area (TPSA) is 43.4 Å². The Kier molecular flexibility index (Phi) is 2.80. The molecular formula is C20H22O3. The van der Waals surface area contributed by atoms with E-state index >= 15 is 0 Å². The van der Waals surface area contributed by atoms with Crippen molar-refractivity contribution in [2.45, 2.75) is 50.0 Å². The zero-order valence-corrected chi connectivity index (χ0v) is 13.2. The smallest absolute Gasteiger partial charge is 0.310 e. The van der Waals surface area contributed by atoms with Crippen LogP contribution in [-0.2, 0) is 20.7 Å². The van der Waals surface area contributed by atoms with Gasteiger partial charge in [0, 0.05) is 30.6 Å². The highest BCUT2D eigenvalue weighted by Crippen LogP contribution is 2.65. The van der Waals surface area contributed by atoms with Crippen LogP contribution < -0.4 is 0 Å². The quantitative estimate of drug-likeness (QED) is 0.622. The number of carbonyl (C=O) groups is 2. The Labute approximate surface area is 136 Å². The fraction of sp³-hybridized carbons (Fsp3) is 0.600. The van der Waals surface area contributed by atoms with E-state index in [4.69, 9.17) is 4.74 Å². The summed E-state index contributed by atoms with van der Waals surface area (Å²) in [6, 6.07) is 8.66. The van der Waals surface area contributed by atoms with Crippen LogP contribution in [0.5, 0.6) is 0 Å². The molecule has 0 radical (unpaired) electrons. The summed E-state index contributed by atoms with van der Waals surface area (Å²) in [7, 11) is 0. The molecule has 5 rings (SSSR count). The van der Waals surface area contributed by atoms with Gasteiger partial charge in [-0.25, -0.2) is 0 Å². The molecule has 1 aliphatic heterocycles. The number of carbonyl (C=O) groups excluding carboxylic acids is 2. The number of fused-ring (bicyclic) bond motifs is 6. The second-order valence-corrected chi connectivity index (χ2v) is 7.90. The van der Waals surface area contributed by atoms with E-state index in [1.807, 2.05) is 0 Å². The molecule has 120 valence electrons. The first-order chi connectivity index (χ1) is 11.2. The van der Waals surface area contributed by atoms with Crippen molar-refractivity contribution in [3.8, 4) is 0 Å². The molecule has 1 aromatic carbocycles. The summed E-state index contributed by atoms with van der Waals surface area (Å²) in [5.74, 6) is 1.59. The minimum atomic E-state index is -0.323. The third kappa shape index (κ3) is 1.66. The summed E-state index contributed by atoms with van der Waals surface area (Å²) in [6.07, 6.45) is 6.83. The molecule has 1 saturated heterocycles. The van der Waals surface area contributed by atoms with Gasteiger partial charge in [-0.3, -0.25) is 4.79 Å². The van der Waals surface area contributed by atoms with Gasteiger partial charge in [-0.15, -0.1) is 0 Å². The van der Waals surface area contributed by atoms with Crippen molar-refractivity contribution >= 4 is 12.3 Å². The van der Waals surface area contributed by atoms with Gasteiger partial charge in [0.25, 0.3) is 0 Å². The fourth-order valence-corrected chi connectivity index (χ4v) is 6.45. The number of hydrogen-bond donors (Lipinski definition) is 0. The van der Waals surface area contributed by atoms with E-state index in [9.17, 15) is 9.59 Å². The minimum absolute atomic E-state index is 0.00278. The van der Waals surface area contributed by atoms with Gasteiger partial charge in [0.05, 0.1) is 5.92 Å². The molecule has 3 heteroatoms. The van der Waals surface area contributed by atoms with Gasteiger partial charge in [0.2, 0.25) is 0 Å². The van der Waals surface area contributed by atoms with Crippen LogP contribution in [0.3, 0.4) is 0 Å². The summed E-state index contributed by atoms with van der Waals surface area (Å²) in [4.78, 5) is 23.8. The van der Waals surface area contributed by atoms with Crippen molar-refractivity contribution in [3.05, 3.63) is 35.4 Å². The Hall–Kier alpha value is -1.64. The average Bonchev–Trinajstić information content (AvgIpc) is 3.07. The van der Waals surface area contributed by atoms with Crippen molar-refractivity contribution < 1.29 is 14.3 Å². The van der Waals surface area contributed by atoms with E-state index in [1.54, 1.807) is 0 Å². The Balaban J connectivity index is 1.61. The van der Waals surface area contributed by atoms with Crippen LogP contribution in [0.25, 0.3) is 0 Å². The molecule has 1 spiro atoms. The molecular weight excluding hydrogens is 288 g/mol. The maximum atomic E-state index is 12.7. The lowest BCUT2D eigenvalue weighted by molar-refractivity contribution is -0.156. The van der Waals surface area contributed by atoms with Gasteiger partial charge in [0.1, 0.15) is 11.9 Å². The number of aryl methyl sites for hydroxylation is 1. The van der Waals surface area contributed by atoms with E-state index in [0.29, 0.717) is 24.2 Å². The summed E-state index contributed by atoms with van der Waals surface area (Å²) < 4.78 is 6.07. The molecule has 2 saturated carbocycles. The molecule has 0 amide bonds. The second kappa shape index (κ2) is 4.68. The zero-order valence-electron chi connectivity index (χ0n) is 13.2. The van der Waals surface area contributed by atoms with Crippen molar-refractivity contribution in [3.63, 3.8) is 0 Å². The van der Waals surface area contributed by atoms with Crippen LogP contribution in [0.2, 0.25) is 0 Å². The normalized spacial score (nSPS) is 43.3. The number of aldehydes is 1.